The second-order valence-corrected chi connectivity index (χ2v) is 7.89. The molecule has 1 aromatic heterocycles. The molecule has 0 aliphatic heterocycles. The number of carboxylic acid groups (broad SMARTS) is 1. The molecular formula is C19H31N7O7. The highest BCUT2D eigenvalue weighted by molar-refractivity contribution is 5.96. The minimum absolute atomic E-state index is 0.0901. The fraction of sp³-hybridized carbons (Fsp3) is 0.579. The first kappa shape index (κ1) is 27.5. The van der Waals surface area contributed by atoms with E-state index in [1.807, 2.05) is 0 Å². The maximum absolute atomic E-state index is 12.8. The van der Waals surface area contributed by atoms with E-state index in [0.29, 0.717) is 5.69 Å². The molecule has 33 heavy (non-hydrogen) atoms. The van der Waals surface area contributed by atoms with E-state index in [0.717, 1.165) is 0 Å². The summed E-state index contributed by atoms with van der Waals surface area (Å²) in [6.45, 7) is 2.69. The first-order chi connectivity index (χ1) is 15.4. The van der Waals surface area contributed by atoms with Gasteiger partial charge < -0.3 is 42.6 Å². The topological polar surface area (TPSA) is 243 Å². The third kappa shape index (κ3) is 9.65. The van der Waals surface area contributed by atoms with Gasteiger partial charge in [-0.1, -0.05) is 13.8 Å². The van der Waals surface area contributed by atoms with Crippen molar-refractivity contribution < 1.29 is 34.2 Å². The van der Waals surface area contributed by atoms with Gasteiger partial charge in [0.2, 0.25) is 23.6 Å². The molecule has 0 radical (unpaired) electrons. The van der Waals surface area contributed by atoms with Gasteiger partial charge in [0.1, 0.15) is 18.1 Å². The number of carboxylic acids is 1. The van der Waals surface area contributed by atoms with Crippen molar-refractivity contribution in [2.45, 2.75) is 57.3 Å². The number of nitrogens with one attached hydrogen (secondary N) is 4. The highest BCUT2D eigenvalue weighted by atomic mass is 16.4. The lowest BCUT2D eigenvalue weighted by Gasteiger charge is -2.25. The number of H-pyrrole nitrogens is 1. The molecule has 4 amide bonds. The zero-order valence-electron chi connectivity index (χ0n) is 18.4. The van der Waals surface area contributed by atoms with Crippen molar-refractivity contribution in [1.82, 2.24) is 25.9 Å². The van der Waals surface area contributed by atoms with Crippen molar-refractivity contribution in [3.63, 3.8) is 0 Å². The van der Waals surface area contributed by atoms with Gasteiger partial charge in [0, 0.05) is 18.3 Å². The molecule has 4 atom stereocenters. The van der Waals surface area contributed by atoms with Crippen LogP contribution in [0.3, 0.4) is 0 Å². The third-order valence-corrected chi connectivity index (χ3v) is 4.51. The van der Waals surface area contributed by atoms with Gasteiger partial charge in [-0.2, -0.15) is 0 Å². The molecule has 0 aromatic carbocycles. The van der Waals surface area contributed by atoms with E-state index in [9.17, 15) is 24.0 Å². The molecule has 0 bridgehead atoms. The van der Waals surface area contributed by atoms with E-state index < -0.39 is 66.8 Å². The van der Waals surface area contributed by atoms with Crippen molar-refractivity contribution in [2.24, 2.45) is 17.4 Å². The van der Waals surface area contributed by atoms with Gasteiger partial charge in [-0.15, -0.1) is 0 Å². The first-order valence-electron chi connectivity index (χ1n) is 10.2. The number of hydrogen-bond donors (Lipinski definition) is 8. The molecular weight excluding hydrogens is 438 g/mol. The Hall–Kier alpha value is -3.52. The fourth-order valence-electron chi connectivity index (χ4n) is 2.85. The average Bonchev–Trinajstić information content (AvgIpc) is 3.22. The number of aromatic nitrogens is 2. The molecule has 1 aromatic rings. The SMILES string of the molecule is CC(C)CC(NC(=O)C(CC(N)=O)NC(=O)C(N)Cc1cnc[nH]1)C(=O)NC(CO)C(=O)O. The second kappa shape index (κ2) is 13.1. The van der Waals surface area contributed by atoms with Crippen LogP contribution in [0, 0.1) is 5.92 Å². The summed E-state index contributed by atoms with van der Waals surface area (Å²) in [7, 11) is 0. The smallest absolute Gasteiger partial charge is 0.328 e. The third-order valence-electron chi connectivity index (χ3n) is 4.51. The number of aliphatic carboxylic acids is 1. The van der Waals surface area contributed by atoms with E-state index in [1.165, 1.54) is 12.5 Å². The molecule has 1 heterocycles. The van der Waals surface area contributed by atoms with Crippen molar-refractivity contribution in [2.75, 3.05) is 6.61 Å². The standard InChI is InChI=1S/C19H31N7O7/c1-9(2)3-12(17(30)26-14(7-27)19(32)33)25-18(31)13(5-15(21)28)24-16(29)11(20)4-10-6-22-8-23-10/h6,8-9,11-14,27H,3-5,7,20H2,1-2H3,(H2,21,28)(H,22,23)(H,24,29)(H,25,31)(H,26,30)(H,32,33). The monoisotopic (exact) mass is 469 g/mol. The fourth-order valence-corrected chi connectivity index (χ4v) is 2.85. The molecule has 1 rings (SSSR count). The first-order valence-corrected chi connectivity index (χ1v) is 10.2. The van der Waals surface area contributed by atoms with Crippen LogP contribution < -0.4 is 27.4 Å². The van der Waals surface area contributed by atoms with E-state index in [4.69, 9.17) is 21.7 Å². The van der Waals surface area contributed by atoms with Gasteiger partial charge in [-0.25, -0.2) is 9.78 Å². The van der Waals surface area contributed by atoms with Crippen LogP contribution in [0.5, 0.6) is 0 Å². The predicted octanol–water partition coefficient (Wildman–Crippen LogP) is -3.27. The summed E-state index contributed by atoms with van der Waals surface area (Å²) < 4.78 is 0. The summed E-state index contributed by atoms with van der Waals surface area (Å²) in [5.74, 6) is -4.89. The minimum Gasteiger partial charge on any atom is -0.480 e. The average molecular weight is 469 g/mol. The molecule has 14 heteroatoms. The number of hydrogen-bond acceptors (Lipinski definition) is 8. The van der Waals surface area contributed by atoms with E-state index in [2.05, 4.69) is 25.9 Å². The zero-order valence-corrected chi connectivity index (χ0v) is 18.4. The highest BCUT2D eigenvalue weighted by Gasteiger charge is 2.31. The number of aliphatic hydroxyl groups excluding tert-OH is 1. The predicted molar refractivity (Wildman–Crippen MR) is 114 cm³/mol. The Bertz CT molecular complexity index is 828. The number of amides is 4. The molecule has 4 unspecified atom stereocenters. The summed E-state index contributed by atoms with van der Waals surface area (Å²) in [5.41, 5.74) is 11.6. The van der Waals surface area contributed by atoms with Gasteiger partial charge >= 0.3 is 5.97 Å². The Balaban J connectivity index is 2.92. The maximum Gasteiger partial charge on any atom is 0.328 e. The molecule has 0 saturated heterocycles. The lowest BCUT2D eigenvalue weighted by Crippen LogP contribution is -2.58. The number of rotatable bonds is 14. The summed E-state index contributed by atoms with van der Waals surface area (Å²) in [4.78, 5) is 66.9. The molecule has 14 nitrogen and oxygen atoms in total. The number of imidazole rings is 1. The van der Waals surface area contributed by atoms with E-state index >= 15 is 0 Å². The molecule has 184 valence electrons. The summed E-state index contributed by atoms with van der Waals surface area (Å²) >= 11 is 0. The Labute approximate surface area is 189 Å². The summed E-state index contributed by atoms with van der Waals surface area (Å²) in [6, 6.07) is -5.25. The van der Waals surface area contributed by atoms with Crippen LogP contribution in [0.4, 0.5) is 0 Å². The minimum atomic E-state index is -1.56. The van der Waals surface area contributed by atoms with Crippen molar-refractivity contribution in [3.8, 4) is 0 Å². The van der Waals surface area contributed by atoms with Gasteiger partial charge in [0.05, 0.1) is 25.4 Å². The normalized spacial score (nSPS) is 14.6. The highest BCUT2D eigenvalue weighted by Crippen LogP contribution is 2.07. The Morgan fingerprint density at radius 2 is 1.61 bits per heavy atom. The number of primary amides is 1. The van der Waals surface area contributed by atoms with E-state index in [1.54, 1.807) is 13.8 Å². The molecule has 0 aliphatic carbocycles. The van der Waals surface area contributed by atoms with Gasteiger partial charge in [-0.05, 0) is 12.3 Å². The van der Waals surface area contributed by atoms with Gasteiger partial charge in [0.15, 0.2) is 0 Å². The second-order valence-electron chi connectivity index (χ2n) is 7.89. The van der Waals surface area contributed by atoms with Crippen LogP contribution in [0.25, 0.3) is 0 Å². The molecule has 10 N–H and O–H groups in total. The van der Waals surface area contributed by atoms with Crippen LogP contribution in [0.15, 0.2) is 12.5 Å². The lowest BCUT2D eigenvalue weighted by molar-refractivity contribution is -0.143. The number of nitrogens with two attached hydrogens (primary N) is 2. The van der Waals surface area contributed by atoms with Crippen molar-refractivity contribution in [3.05, 3.63) is 18.2 Å². The van der Waals surface area contributed by atoms with Crippen LogP contribution in [-0.4, -0.2) is 80.6 Å². The molecule has 0 aliphatic rings. The van der Waals surface area contributed by atoms with E-state index in [-0.39, 0.29) is 18.8 Å². The van der Waals surface area contributed by atoms with Crippen molar-refractivity contribution in [1.29, 1.82) is 0 Å². The molecule has 0 fully saturated rings. The zero-order chi connectivity index (χ0) is 25.1. The molecule has 0 saturated carbocycles. The van der Waals surface area contributed by atoms with Crippen molar-refractivity contribution >= 4 is 29.6 Å². The largest absolute Gasteiger partial charge is 0.480 e. The van der Waals surface area contributed by atoms with Crippen LogP contribution >= 0.6 is 0 Å². The molecule has 0 spiro atoms. The number of carbonyl (C=O) groups excluding carboxylic acids is 4. The Kier molecular flexibility index (Phi) is 10.9. The van der Waals surface area contributed by atoms with Gasteiger partial charge in [-0.3, -0.25) is 19.2 Å². The quantitative estimate of drug-likeness (QED) is 0.136. The summed E-state index contributed by atoms with van der Waals surface area (Å²) in [5, 5.41) is 25.0. The Morgan fingerprint density at radius 1 is 1.03 bits per heavy atom. The number of nitrogens with zero attached hydrogens (tertiary/aromatic N) is 1. The summed E-state index contributed by atoms with van der Waals surface area (Å²) in [6.07, 6.45) is 2.54. The number of aliphatic hydroxyl groups is 1. The van der Waals surface area contributed by atoms with Crippen LogP contribution in [-0.2, 0) is 30.4 Å². The van der Waals surface area contributed by atoms with Crippen LogP contribution in [0.1, 0.15) is 32.4 Å². The lowest BCUT2D eigenvalue weighted by atomic mass is 10.0. The van der Waals surface area contributed by atoms with Gasteiger partial charge in [0.25, 0.3) is 0 Å². The number of carbonyl (C=O) groups is 5. The van der Waals surface area contributed by atoms with Crippen LogP contribution in [0.2, 0.25) is 0 Å². The Morgan fingerprint density at radius 3 is 2.09 bits per heavy atom. The maximum atomic E-state index is 12.8. The number of aromatic amines is 1.